The van der Waals surface area contributed by atoms with Gasteiger partial charge in [-0.05, 0) is 37.3 Å². The molecule has 1 aliphatic heterocycles. The molecule has 2 aromatic rings. The van der Waals surface area contributed by atoms with Gasteiger partial charge in [0.05, 0.1) is 5.75 Å². The van der Waals surface area contributed by atoms with Crippen molar-refractivity contribution in [1.82, 2.24) is 9.96 Å². The van der Waals surface area contributed by atoms with Crippen molar-refractivity contribution in [2.45, 2.75) is 58.3 Å². The van der Waals surface area contributed by atoms with Gasteiger partial charge in [-0.2, -0.15) is 17.8 Å². The standard InChI is InChI=1S/C23H32N2O3S/c1-3-16-29(26,27)28-25-15-14-23(17-20(25)2)24(18-21-10-6-4-7-11-21)19-22-12-8-5-9-13-22/h4-13,20,23H,3,14-19H2,1-2H3. The molecule has 0 radical (unpaired) electrons. The Morgan fingerprint density at radius 3 is 2.03 bits per heavy atom. The van der Waals surface area contributed by atoms with E-state index in [9.17, 15) is 8.42 Å². The molecule has 1 heterocycles. The minimum absolute atomic E-state index is 0.0504. The van der Waals surface area contributed by atoms with E-state index in [0.29, 0.717) is 19.0 Å². The van der Waals surface area contributed by atoms with Crippen molar-refractivity contribution >= 4 is 10.1 Å². The third kappa shape index (κ3) is 6.64. The maximum absolute atomic E-state index is 12.1. The van der Waals surface area contributed by atoms with Crippen molar-refractivity contribution in [2.75, 3.05) is 12.3 Å². The molecule has 3 rings (SSSR count). The fraction of sp³-hybridized carbons (Fsp3) is 0.478. The lowest BCUT2D eigenvalue weighted by Gasteiger charge is -2.41. The second-order valence-corrected chi connectivity index (χ2v) is 9.55. The number of piperidine rings is 1. The van der Waals surface area contributed by atoms with Crippen molar-refractivity contribution < 1.29 is 12.7 Å². The fourth-order valence-corrected chi connectivity index (χ4v) is 5.04. The van der Waals surface area contributed by atoms with Crippen molar-refractivity contribution in [3.8, 4) is 0 Å². The fourth-order valence-electron chi connectivity index (χ4n) is 3.95. The highest BCUT2D eigenvalue weighted by molar-refractivity contribution is 7.86. The molecule has 6 heteroatoms. The van der Waals surface area contributed by atoms with E-state index in [1.165, 1.54) is 11.1 Å². The molecule has 2 aromatic carbocycles. The molecule has 2 unspecified atom stereocenters. The van der Waals surface area contributed by atoms with Crippen LogP contribution in [0.15, 0.2) is 60.7 Å². The topological polar surface area (TPSA) is 49.9 Å². The summed E-state index contributed by atoms with van der Waals surface area (Å²) in [4.78, 5) is 2.51. The van der Waals surface area contributed by atoms with Crippen LogP contribution < -0.4 is 0 Å². The summed E-state index contributed by atoms with van der Waals surface area (Å²) in [7, 11) is -3.49. The van der Waals surface area contributed by atoms with Crippen LogP contribution in [0.5, 0.6) is 0 Å². The van der Waals surface area contributed by atoms with Crippen LogP contribution in [0.1, 0.15) is 44.2 Å². The Labute approximate surface area is 175 Å². The summed E-state index contributed by atoms with van der Waals surface area (Å²) < 4.78 is 29.5. The van der Waals surface area contributed by atoms with Crippen molar-refractivity contribution in [3.05, 3.63) is 71.8 Å². The molecule has 0 bridgehead atoms. The van der Waals surface area contributed by atoms with Crippen LogP contribution in [0.2, 0.25) is 0 Å². The highest BCUT2D eigenvalue weighted by atomic mass is 32.2. The SMILES string of the molecule is CCCS(=O)(=O)ON1CCC(N(Cc2ccccc2)Cc2ccccc2)CC1C. The lowest BCUT2D eigenvalue weighted by atomic mass is 9.97. The minimum atomic E-state index is -3.49. The number of hydroxylamine groups is 2. The van der Waals surface area contributed by atoms with Gasteiger partial charge in [0.1, 0.15) is 0 Å². The van der Waals surface area contributed by atoms with Crippen molar-refractivity contribution in [3.63, 3.8) is 0 Å². The zero-order chi connectivity index (χ0) is 20.7. The molecule has 0 spiro atoms. The largest absolute Gasteiger partial charge is 0.292 e. The molecule has 5 nitrogen and oxygen atoms in total. The van der Waals surface area contributed by atoms with Gasteiger partial charge in [-0.1, -0.05) is 67.6 Å². The first-order chi connectivity index (χ1) is 14.0. The summed E-state index contributed by atoms with van der Waals surface area (Å²) in [5.41, 5.74) is 2.58. The van der Waals surface area contributed by atoms with E-state index >= 15 is 0 Å². The van der Waals surface area contributed by atoms with E-state index in [2.05, 4.69) is 60.4 Å². The Morgan fingerprint density at radius 1 is 1.00 bits per heavy atom. The molecule has 0 saturated carbocycles. The predicted octanol–water partition coefficient (Wildman–Crippen LogP) is 4.21. The molecule has 0 N–H and O–H groups in total. The van der Waals surface area contributed by atoms with Gasteiger partial charge in [0, 0.05) is 31.7 Å². The second kappa shape index (κ2) is 10.3. The quantitative estimate of drug-likeness (QED) is 0.613. The molecule has 0 aromatic heterocycles. The lowest BCUT2D eigenvalue weighted by Crippen LogP contribution is -2.49. The maximum Gasteiger partial charge on any atom is 0.283 e. The molecule has 1 aliphatic rings. The lowest BCUT2D eigenvalue weighted by molar-refractivity contribution is -0.117. The first-order valence-corrected chi connectivity index (χ1v) is 12.1. The number of hydrogen-bond acceptors (Lipinski definition) is 5. The number of rotatable bonds is 9. The Bertz CT molecular complexity index is 801. The smallest absolute Gasteiger partial charge is 0.283 e. The highest BCUT2D eigenvalue weighted by Crippen LogP contribution is 2.26. The highest BCUT2D eigenvalue weighted by Gasteiger charge is 2.32. The Balaban J connectivity index is 1.69. The van der Waals surface area contributed by atoms with Gasteiger partial charge < -0.3 is 0 Å². The monoisotopic (exact) mass is 416 g/mol. The van der Waals surface area contributed by atoms with Crippen LogP contribution in [-0.4, -0.2) is 42.8 Å². The van der Waals surface area contributed by atoms with Gasteiger partial charge in [-0.3, -0.25) is 4.90 Å². The third-order valence-electron chi connectivity index (χ3n) is 5.42. The summed E-state index contributed by atoms with van der Waals surface area (Å²) in [5.74, 6) is 0.0633. The van der Waals surface area contributed by atoms with Gasteiger partial charge in [0.15, 0.2) is 0 Å². The van der Waals surface area contributed by atoms with E-state index < -0.39 is 10.1 Å². The van der Waals surface area contributed by atoms with Crippen molar-refractivity contribution in [1.29, 1.82) is 0 Å². The normalized spacial score (nSPS) is 20.8. The molecule has 1 fully saturated rings. The van der Waals surface area contributed by atoms with Crippen LogP contribution in [0, 0.1) is 0 Å². The molecule has 0 amide bonds. The molecule has 1 saturated heterocycles. The Hall–Kier alpha value is -1.73. The zero-order valence-electron chi connectivity index (χ0n) is 17.4. The number of benzene rings is 2. The second-order valence-electron chi connectivity index (χ2n) is 7.88. The van der Waals surface area contributed by atoms with E-state index in [-0.39, 0.29) is 11.8 Å². The van der Waals surface area contributed by atoms with Gasteiger partial charge in [-0.25, -0.2) is 0 Å². The summed E-state index contributed by atoms with van der Waals surface area (Å²) in [6.07, 6.45) is 2.32. The van der Waals surface area contributed by atoms with E-state index in [4.69, 9.17) is 4.28 Å². The minimum Gasteiger partial charge on any atom is -0.292 e. The summed E-state index contributed by atoms with van der Waals surface area (Å²) in [6.45, 7) is 6.28. The zero-order valence-corrected chi connectivity index (χ0v) is 18.2. The maximum atomic E-state index is 12.1. The van der Waals surface area contributed by atoms with Crippen LogP contribution in [0.4, 0.5) is 0 Å². The van der Waals surface area contributed by atoms with E-state index in [1.807, 2.05) is 19.1 Å². The number of hydrogen-bond donors (Lipinski definition) is 0. The van der Waals surface area contributed by atoms with Gasteiger partial charge in [0.2, 0.25) is 0 Å². The first-order valence-electron chi connectivity index (χ1n) is 10.5. The van der Waals surface area contributed by atoms with Crippen LogP contribution >= 0.6 is 0 Å². The Morgan fingerprint density at radius 2 is 1.55 bits per heavy atom. The third-order valence-corrected chi connectivity index (χ3v) is 6.75. The average Bonchev–Trinajstić information content (AvgIpc) is 2.70. The molecule has 0 aliphatic carbocycles. The first kappa shape index (κ1) is 22.0. The predicted molar refractivity (Wildman–Crippen MR) is 116 cm³/mol. The van der Waals surface area contributed by atoms with Gasteiger partial charge >= 0.3 is 0 Å². The van der Waals surface area contributed by atoms with Crippen LogP contribution in [0.3, 0.4) is 0 Å². The summed E-state index contributed by atoms with van der Waals surface area (Å²) in [6, 6.07) is 21.5. The van der Waals surface area contributed by atoms with Gasteiger partial charge in [-0.15, -0.1) is 0 Å². The van der Waals surface area contributed by atoms with Crippen LogP contribution in [-0.2, 0) is 27.5 Å². The number of nitrogens with zero attached hydrogens (tertiary/aromatic N) is 2. The van der Waals surface area contributed by atoms with Gasteiger partial charge in [0.25, 0.3) is 10.1 Å². The molecular weight excluding hydrogens is 384 g/mol. The summed E-state index contributed by atoms with van der Waals surface area (Å²) >= 11 is 0. The molecule has 158 valence electrons. The average molecular weight is 417 g/mol. The van der Waals surface area contributed by atoms with E-state index in [1.54, 1.807) is 5.06 Å². The van der Waals surface area contributed by atoms with Crippen LogP contribution in [0.25, 0.3) is 0 Å². The van der Waals surface area contributed by atoms with E-state index in [0.717, 1.165) is 25.9 Å². The molecular formula is C23H32N2O3S. The van der Waals surface area contributed by atoms with Crippen molar-refractivity contribution in [2.24, 2.45) is 0 Å². The molecule has 29 heavy (non-hydrogen) atoms. The summed E-state index contributed by atoms with van der Waals surface area (Å²) in [5, 5.41) is 1.66. The Kier molecular flexibility index (Phi) is 7.84. The molecule has 2 atom stereocenters.